The Kier molecular flexibility index (Phi) is 5.08. The van der Waals surface area contributed by atoms with E-state index in [1.54, 1.807) is 35.0 Å². The molecule has 2 aromatic heterocycles. The van der Waals surface area contributed by atoms with Crippen molar-refractivity contribution in [3.63, 3.8) is 0 Å². The van der Waals surface area contributed by atoms with Crippen LogP contribution in [0.2, 0.25) is 5.02 Å². The first-order chi connectivity index (χ1) is 13.7. The van der Waals surface area contributed by atoms with Crippen LogP contribution >= 0.6 is 11.6 Å². The number of hydrogen-bond acceptors (Lipinski definition) is 6. The number of hydrogen-bond donors (Lipinski definition) is 1. The number of aryl methyl sites for hydroxylation is 1. The molecule has 1 saturated carbocycles. The highest BCUT2D eigenvalue weighted by Crippen LogP contribution is 2.31. The Balaban J connectivity index is 1.77. The van der Waals surface area contributed by atoms with Crippen molar-refractivity contribution in [3.8, 4) is 0 Å². The van der Waals surface area contributed by atoms with Crippen molar-refractivity contribution in [1.29, 1.82) is 0 Å². The van der Waals surface area contributed by atoms with Crippen molar-refractivity contribution >= 4 is 44.1 Å². The van der Waals surface area contributed by atoms with Crippen LogP contribution in [0.4, 0.5) is 11.6 Å². The molecule has 0 bridgehead atoms. The molecule has 1 N–H and O–H groups in total. The molecule has 0 saturated heterocycles. The summed E-state index contributed by atoms with van der Waals surface area (Å²) in [7, 11) is -3.28. The summed E-state index contributed by atoms with van der Waals surface area (Å²) in [5, 5.41) is 4.00. The molecule has 0 unspecified atom stereocenters. The first kappa shape index (κ1) is 19.8. The maximum atomic E-state index is 12.7. The summed E-state index contributed by atoms with van der Waals surface area (Å²) in [5.74, 6) is 0.334. The summed E-state index contributed by atoms with van der Waals surface area (Å²) in [4.78, 5) is 21.9. The van der Waals surface area contributed by atoms with Crippen LogP contribution in [0, 0.1) is 6.92 Å². The zero-order chi connectivity index (χ0) is 20.8. The lowest BCUT2D eigenvalue weighted by atomic mass is 10.2. The van der Waals surface area contributed by atoms with Gasteiger partial charge in [0.25, 0.3) is 5.56 Å². The van der Waals surface area contributed by atoms with Crippen molar-refractivity contribution < 1.29 is 8.42 Å². The second-order valence-electron chi connectivity index (χ2n) is 7.45. The van der Waals surface area contributed by atoms with Crippen LogP contribution in [0.3, 0.4) is 0 Å². The Hall–Kier alpha value is -2.45. The van der Waals surface area contributed by atoms with Crippen LogP contribution < -0.4 is 10.9 Å². The van der Waals surface area contributed by atoms with E-state index in [1.807, 2.05) is 6.92 Å². The highest BCUT2D eigenvalue weighted by molar-refractivity contribution is 7.90. The van der Waals surface area contributed by atoms with E-state index in [4.69, 9.17) is 11.6 Å². The molecule has 1 aromatic carbocycles. The van der Waals surface area contributed by atoms with E-state index in [1.165, 1.54) is 6.26 Å². The standard InChI is InChI=1S/C20H21ClN4O3S/c1-12-9-15(29(2,27)28)7-8-17(12)23-20-22-11-13-10-16(21)19(26)25(18(13)24-20)14-5-3-4-6-14/h7-11,14H,3-6H2,1-2H3,(H,22,23,24). The highest BCUT2D eigenvalue weighted by Gasteiger charge is 2.22. The fraction of sp³-hybridized carbons (Fsp3) is 0.350. The number of nitrogens with one attached hydrogen (secondary N) is 1. The van der Waals surface area contributed by atoms with Gasteiger partial charge in [0.1, 0.15) is 10.7 Å². The average Bonchev–Trinajstić information content (AvgIpc) is 3.18. The van der Waals surface area contributed by atoms with Gasteiger partial charge in [-0.3, -0.25) is 9.36 Å². The summed E-state index contributed by atoms with van der Waals surface area (Å²) < 4.78 is 25.2. The first-order valence-corrected chi connectivity index (χ1v) is 11.7. The molecule has 4 rings (SSSR count). The number of halogens is 1. The van der Waals surface area contributed by atoms with Crippen LogP contribution in [0.5, 0.6) is 0 Å². The van der Waals surface area contributed by atoms with Crippen molar-refractivity contribution in [2.24, 2.45) is 0 Å². The first-order valence-electron chi connectivity index (χ1n) is 9.39. The number of fused-ring (bicyclic) bond motifs is 1. The lowest BCUT2D eigenvalue weighted by molar-refractivity contribution is 0.516. The third kappa shape index (κ3) is 3.86. The van der Waals surface area contributed by atoms with E-state index in [9.17, 15) is 13.2 Å². The van der Waals surface area contributed by atoms with E-state index < -0.39 is 9.84 Å². The van der Waals surface area contributed by atoms with Gasteiger partial charge in [0, 0.05) is 29.6 Å². The van der Waals surface area contributed by atoms with Crippen molar-refractivity contribution in [3.05, 3.63) is 51.4 Å². The maximum absolute atomic E-state index is 12.7. The molecule has 0 amide bonds. The summed E-state index contributed by atoms with van der Waals surface area (Å²) in [6.07, 6.45) is 6.82. The van der Waals surface area contributed by atoms with Crippen LogP contribution in [0.15, 0.2) is 40.2 Å². The van der Waals surface area contributed by atoms with E-state index in [-0.39, 0.29) is 21.5 Å². The van der Waals surface area contributed by atoms with Gasteiger partial charge in [-0.05, 0) is 49.6 Å². The SMILES string of the molecule is Cc1cc(S(C)(=O)=O)ccc1Nc1ncc2cc(Cl)c(=O)n(C3CCCC3)c2n1. The molecule has 29 heavy (non-hydrogen) atoms. The molecule has 3 aromatic rings. The molecular formula is C20H21ClN4O3S. The highest BCUT2D eigenvalue weighted by atomic mass is 35.5. The van der Waals surface area contributed by atoms with Crippen LogP contribution in [0.1, 0.15) is 37.3 Å². The Morgan fingerprint density at radius 3 is 2.59 bits per heavy atom. The van der Waals surface area contributed by atoms with Gasteiger partial charge in [-0.2, -0.15) is 4.98 Å². The van der Waals surface area contributed by atoms with Gasteiger partial charge in [-0.1, -0.05) is 24.4 Å². The molecule has 1 aliphatic rings. The van der Waals surface area contributed by atoms with E-state index in [2.05, 4.69) is 15.3 Å². The molecule has 152 valence electrons. The number of nitrogens with zero attached hydrogens (tertiary/aromatic N) is 3. The van der Waals surface area contributed by atoms with E-state index in [0.29, 0.717) is 22.7 Å². The lowest BCUT2D eigenvalue weighted by Crippen LogP contribution is -2.25. The molecule has 9 heteroatoms. The van der Waals surface area contributed by atoms with Gasteiger partial charge in [-0.15, -0.1) is 0 Å². The third-order valence-electron chi connectivity index (χ3n) is 5.29. The van der Waals surface area contributed by atoms with Gasteiger partial charge < -0.3 is 5.32 Å². The third-order valence-corrected chi connectivity index (χ3v) is 6.67. The maximum Gasteiger partial charge on any atom is 0.271 e. The molecule has 0 spiro atoms. The lowest BCUT2D eigenvalue weighted by Gasteiger charge is -2.17. The van der Waals surface area contributed by atoms with Gasteiger partial charge in [0.2, 0.25) is 5.95 Å². The van der Waals surface area contributed by atoms with Gasteiger partial charge >= 0.3 is 0 Å². The smallest absolute Gasteiger partial charge is 0.271 e. The monoisotopic (exact) mass is 432 g/mol. The Bertz CT molecular complexity index is 1260. The number of anilines is 2. The predicted octanol–water partition coefficient (Wildman–Crippen LogP) is 4.02. The molecule has 7 nitrogen and oxygen atoms in total. The fourth-order valence-corrected chi connectivity index (χ4v) is 4.69. The number of rotatable bonds is 4. The minimum Gasteiger partial charge on any atom is -0.324 e. The molecule has 2 heterocycles. The normalized spacial score (nSPS) is 15.1. The predicted molar refractivity (Wildman–Crippen MR) is 114 cm³/mol. The van der Waals surface area contributed by atoms with Crippen LogP contribution in [-0.2, 0) is 9.84 Å². The number of aromatic nitrogens is 3. The zero-order valence-corrected chi connectivity index (χ0v) is 17.7. The fourth-order valence-electron chi connectivity index (χ4n) is 3.78. The molecule has 0 aliphatic heterocycles. The summed E-state index contributed by atoms with van der Waals surface area (Å²) in [6, 6.07) is 6.51. The minimum atomic E-state index is -3.28. The van der Waals surface area contributed by atoms with Gasteiger partial charge in [0.15, 0.2) is 9.84 Å². The zero-order valence-electron chi connectivity index (χ0n) is 16.1. The Labute approximate surface area is 173 Å². The largest absolute Gasteiger partial charge is 0.324 e. The number of sulfone groups is 1. The molecule has 0 radical (unpaired) electrons. The van der Waals surface area contributed by atoms with Gasteiger partial charge in [-0.25, -0.2) is 13.4 Å². The summed E-state index contributed by atoms with van der Waals surface area (Å²) in [6.45, 7) is 1.81. The summed E-state index contributed by atoms with van der Waals surface area (Å²) in [5.41, 5.74) is 1.76. The molecule has 1 fully saturated rings. The van der Waals surface area contributed by atoms with E-state index in [0.717, 1.165) is 31.2 Å². The Morgan fingerprint density at radius 1 is 1.21 bits per heavy atom. The molecular weight excluding hydrogens is 412 g/mol. The van der Waals surface area contributed by atoms with E-state index >= 15 is 0 Å². The van der Waals surface area contributed by atoms with Gasteiger partial charge in [0.05, 0.1) is 4.90 Å². The number of pyridine rings is 1. The second kappa shape index (κ2) is 7.42. The molecule has 0 atom stereocenters. The minimum absolute atomic E-state index is 0.0854. The Morgan fingerprint density at radius 2 is 1.93 bits per heavy atom. The van der Waals surface area contributed by atoms with Crippen molar-refractivity contribution in [2.45, 2.75) is 43.5 Å². The molecule has 1 aliphatic carbocycles. The number of benzene rings is 1. The average molecular weight is 433 g/mol. The second-order valence-corrected chi connectivity index (χ2v) is 9.88. The van der Waals surface area contributed by atoms with Crippen molar-refractivity contribution in [2.75, 3.05) is 11.6 Å². The van der Waals surface area contributed by atoms with Crippen LogP contribution in [-0.4, -0.2) is 29.2 Å². The van der Waals surface area contributed by atoms with Crippen LogP contribution in [0.25, 0.3) is 11.0 Å². The van der Waals surface area contributed by atoms with Crippen molar-refractivity contribution in [1.82, 2.24) is 14.5 Å². The summed E-state index contributed by atoms with van der Waals surface area (Å²) >= 11 is 6.16. The topological polar surface area (TPSA) is 94.0 Å². The quantitative estimate of drug-likeness (QED) is 0.669.